The minimum Gasteiger partial charge on any atom is -0.357 e. The summed E-state index contributed by atoms with van der Waals surface area (Å²) in [6, 6.07) is 3.88. The number of rotatable bonds is 3. The standard InChI is InChI=1S/C19H29N5O2/c25-18(15-13-21-22-17(15)14-5-2-1-3-6-14)23-9-11-24(12-10-23)19(26)16-7-4-8-20-16/h4,7-8,14-15,17,20-22H,1-3,5-6,9-13H2. The molecule has 1 aliphatic carbocycles. The summed E-state index contributed by atoms with van der Waals surface area (Å²) in [5, 5.41) is 0. The van der Waals surface area contributed by atoms with Crippen LogP contribution in [-0.4, -0.2) is 65.4 Å². The summed E-state index contributed by atoms with van der Waals surface area (Å²) in [5.41, 5.74) is 7.21. The highest BCUT2D eigenvalue weighted by atomic mass is 16.2. The highest BCUT2D eigenvalue weighted by Gasteiger charge is 2.40. The number of carbonyl (C=O) groups is 2. The number of amides is 2. The van der Waals surface area contributed by atoms with Crippen molar-refractivity contribution in [1.82, 2.24) is 25.6 Å². The smallest absolute Gasteiger partial charge is 0.270 e. The molecule has 7 heteroatoms. The molecule has 3 heterocycles. The van der Waals surface area contributed by atoms with Gasteiger partial charge in [-0.2, -0.15) is 0 Å². The van der Waals surface area contributed by atoms with Crippen LogP contribution in [-0.2, 0) is 4.79 Å². The zero-order chi connectivity index (χ0) is 17.9. The van der Waals surface area contributed by atoms with Crippen molar-refractivity contribution in [3.63, 3.8) is 0 Å². The second kappa shape index (κ2) is 7.80. The zero-order valence-corrected chi connectivity index (χ0v) is 15.2. The van der Waals surface area contributed by atoms with Crippen molar-refractivity contribution in [3.05, 3.63) is 24.0 Å². The zero-order valence-electron chi connectivity index (χ0n) is 15.2. The van der Waals surface area contributed by atoms with Gasteiger partial charge in [-0.15, -0.1) is 0 Å². The first-order valence-corrected chi connectivity index (χ1v) is 9.94. The van der Waals surface area contributed by atoms with E-state index in [4.69, 9.17) is 0 Å². The Morgan fingerprint density at radius 3 is 2.42 bits per heavy atom. The molecule has 0 radical (unpaired) electrons. The highest BCUT2D eigenvalue weighted by molar-refractivity contribution is 5.92. The van der Waals surface area contributed by atoms with Crippen molar-refractivity contribution in [2.24, 2.45) is 11.8 Å². The summed E-state index contributed by atoms with van der Waals surface area (Å²) >= 11 is 0. The van der Waals surface area contributed by atoms with E-state index in [9.17, 15) is 9.59 Å². The average Bonchev–Trinajstić information content (AvgIpc) is 3.39. The molecule has 26 heavy (non-hydrogen) atoms. The molecule has 0 bridgehead atoms. The van der Waals surface area contributed by atoms with Crippen LogP contribution in [0, 0.1) is 11.8 Å². The predicted octanol–water partition coefficient (Wildman–Crippen LogP) is 0.972. The molecular weight excluding hydrogens is 330 g/mol. The van der Waals surface area contributed by atoms with Gasteiger partial charge in [0, 0.05) is 45.0 Å². The molecule has 3 fully saturated rings. The second-order valence-corrected chi connectivity index (χ2v) is 7.76. The lowest BCUT2D eigenvalue weighted by molar-refractivity contribution is -0.137. The summed E-state index contributed by atoms with van der Waals surface area (Å²) in [7, 11) is 0. The topological polar surface area (TPSA) is 80.5 Å². The minimum absolute atomic E-state index is 0.0174. The molecule has 1 aromatic heterocycles. The maximum atomic E-state index is 13.1. The quantitative estimate of drug-likeness (QED) is 0.751. The number of aromatic amines is 1. The van der Waals surface area contributed by atoms with Gasteiger partial charge in [0.2, 0.25) is 5.91 Å². The number of piperazine rings is 1. The van der Waals surface area contributed by atoms with Gasteiger partial charge in [-0.25, -0.2) is 0 Å². The van der Waals surface area contributed by atoms with Crippen molar-refractivity contribution < 1.29 is 9.59 Å². The number of hydrogen-bond donors (Lipinski definition) is 3. The van der Waals surface area contributed by atoms with Crippen LogP contribution in [0.25, 0.3) is 0 Å². The predicted molar refractivity (Wildman–Crippen MR) is 98.3 cm³/mol. The van der Waals surface area contributed by atoms with Gasteiger partial charge < -0.3 is 14.8 Å². The first kappa shape index (κ1) is 17.5. The molecule has 0 spiro atoms. The lowest BCUT2D eigenvalue weighted by Gasteiger charge is -2.37. The van der Waals surface area contributed by atoms with E-state index < -0.39 is 0 Å². The highest BCUT2D eigenvalue weighted by Crippen LogP contribution is 2.31. The summed E-state index contributed by atoms with van der Waals surface area (Å²) in [6.45, 7) is 3.16. The number of H-pyrrole nitrogens is 1. The number of hydrazine groups is 1. The van der Waals surface area contributed by atoms with Gasteiger partial charge >= 0.3 is 0 Å². The SMILES string of the molecule is O=C(c1ccc[nH]1)N1CCN(C(=O)C2CNNC2C2CCCCC2)CC1. The van der Waals surface area contributed by atoms with Crippen molar-refractivity contribution in [1.29, 1.82) is 0 Å². The number of nitrogens with zero attached hydrogens (tertiary/aromatic N) is 2. The minimum atomic E-state index is 0.0174. The van der Waals surface area contributed by atoms with Crippen LogP contribution in [0.15, 0.2) is 18.3 Å². The van der Waals surface area contributed by atoms with Gasteiger partial charge in [0.1, 0.15) is 5.69 Å². The third-order valence-electron chi connectivity index (χ3n) is 6.21. The molecule has 7 nitrogen and oxygen atoms in total. The van der Waals surface area contributed by atoms with Gasteiger partial charge in [-0.3, -0.25) is 20.4 Å². The molecule has 2 unspecified atom stereocenters. The van der Waals surface area contributed by atoms with Gasteiger partial charge in [0.15, 0.2) is 0 Å². The third kappa shape index (κ3) is 3.50. The Bertz CT molecular complexity index is 618. The van der Waals surface area contributed by atoms with Crippen LogP contribution in [0.2, 0.25) is 0 Å². The van der Waals surface area contributed by atoms with E-state index in [1.54, 1.807) is 12.3 Å². The second-order valence-electron chi connectivity index (χ2n) is 7.76. The van der Waals surface area contributed by atoms with E-state index in [1.807, 2.05) is 15.9 Å². The molecule has 2 aliphatic heterocycles. The fraction of sp³-hybridized carbons (Fsp3) is 0.684. The summed E-state index contributed by atoms with van der Waals surface area (Å²) in [4.78, 5) is 32.3. The molecule has 3 N–H and O–H groups in total. The van der Waals surface area contributed by atoms with E-state index in [0.717, 1.165) is 0 Å². The van der Waals surface area contributed by atoms with Crippen LogP contribution in [0.3, 0.4) is 0 Å². The fourth-order valence-corrected chi connectivity index (χ4v) is 4.69. The number of aromatic nitrogens is 1. The summed E-state index contributed by atoms with van der Waals surface area (Å²) < 4.78 is 0. The van der Waals surface area contributed by atoms with Crippen LogP contribution in [0.4, 0.5) is 0 Å². The normalized spacial score (nSPS) is 27.7. The molecule has 0 aromatic carbocycles. The lowest BCUT2D eigenvalue weighted by Crippen LogP contribution is -2.54. The van der Waals surface area contributed by atoms with Crippen molar-refractivity contribution in [3.8, 4) is 0 Å². The molecule has 1 saturated carbocycles. The summed E-state index contributed by atoms with van der Waals surface area (Å²) in [5.74, 6) is 0.878. The number of hydrogen-bond acceptors (Lipinski definition) is 4. The number of nitrogens with one attached hydrogen (secondary N) is 3. The Balaban J connectivity index is 1.33. The molecule has 2 amide bonds. The first-order valence-electron chi connectivity index (χ1n) is 9.94. The van der Waals surface area contributed by atoms with E-state index in [1.165, 1.54) is 32.1 Å². The van der Waals surface area contributed by atoms with Gasteiger partial charge in [0.25, 0.3) is 5.91 Å². The maximum Gasteiger partial charge on any atom is 0.270 e. The Morgan fingerprint density at radius 1 is 1.00 bits per heavy atom. The first-order chi connectivity index (χ1) is 12.7. The lowest BCUT2D eigenvalue weighted by atomic mass is 9.79. The van der Waals surface area contributed by atoms with Crippen molar-refractivity contribution >= 4 is 11.8 Å². The van der Waals surface area contributed by atoms with Crippen LogP contribution >= 0.6 is 0 Å². The summed E-state index contributed by atoms with van der Waals surface area (Å²) in [6.07, 6.45) is 8.10. The molecule has 142 valence electrons. The van der Waals surface area contributed by atoms with Crippen LogP contribution < -0.4 is 10.9 Å². The number of carbonyl (C=O) groups excluding carboxylic acids is 2. The van der Waals surface area contributed by atoms with Gasteiger partial charge in [-0.05, 0) is 30.9 Å². The molecule has 2 saturated heterocycles. The van der Waals surface area contributed by atoms with E-state index >= 15 is 0 Å². The van der Waals surface area contributed by atoms with E-state index in [2.05, 4.69) is 15.8 Å². The fourth-order valence-electron chi connectivity index (χ4n) is 4.69. The van der Waals surface area contributed by atoms with Crippen molar-refractivity contribution in [2.75, 3.05) is 32.7 Å². The van der Waals surface area contributed by atoms with Gasteiger partial charge in [0.05, 0.1) is 5.92 Å². The molecule has 3 aliphatic rings. The Kier molecular flexibility index (Phi) is 5.26. The molecule has 4 rings (SSSR count). The average molecular weight is 359 g/mol. The van der Waals surface area contributed by atoms with E-state index in [0.29, 0.717) is 44.3 Å². The Labute approximate surface area is 154 Å². The van der Waals surface area contributed by atoms with E-state index in [-0.39, 0.29) is 23.8 Å². The maximum absolute atomic E-state index is 13.1. The molecular formula is C19H29N5O2. The largest absolute Gasteiger partial charge is 0.357 e. The Morgan fingerprint density at radius 2 is 1.73 bits per heavy atom. The van der Waals surface area contributed by atoms with Gasteiger partial charge in [-0.1, -0.05) is 19.3 Å². The molecule has 2 atom stereocenters. The molecule has 1 aromatic rings. The van der Waals surface area contributed by atoms with Crippen LogP contribution in [0.1, 0.15) is 42.6 Å². The monoisotopic (exact) mass is 359 g/mol. The third-order valence-corrected chi connectivity index (χ3v) is 6.21. The van der Waals surface area contributed by atoms with Crippen molar-refractivity contribution in [2.45, 2.75) is 38.1 Å². The van der Waals surface area contributed by atoms with Crippen LogP contribution in [0.5, 0.6) is 0 Å². The Hall–Kier alpha value is -1.86.